The number of halogens is 1. The first kappa shape index (κ1) is 20.2. The second-order valence-corrected chi connectivity index (χ2v) is 7.89. The van der Waals surface area contributed by atoms with Crippen molar-refractivity contribution in [2.24, 2.45) is 0 Å². The van der Waals surface area contributed by atoms with Crippen LogP contribution >= 0.6 is 0 Å². The molecule has 156 valence electrons. The van der Waals surface area contributed by atoms with E-state index in [1.807, 2.05) is 4.68 Å². The van der Waals surface area contributed by atoms with Crippen molar-refractivity contribution < 1.29 is 14.1 Å². The van der Waals surface area contributed by atoms with Crippen LogP contribution in [-0.2, 0) is 13.1 Å². The lowest BCUT2D eigenvalue weighted by atomic mass is 10.0. The van der Waals surface area contributed by atoms with Gasteiger partial charge in [0.2, 0.25) is 5.82 Å². The molecular formula is C22H26FN6O+. The molecule has 0 spiro atoms. The molecule has 0 saturated carbocycles. The van der Waals surface area contributed by atoms with Gasteiger partial charge in [-0.05, 0) is 35.0 Å². The summed E-state index contributed by atoms with van der Waals surface area (Å²) in [6, 6.07) is 14.5. The average molecular weight is 409 g/mol. The van der Waals surface area contributed by atoms with Gasteiger partial charge >= 0.3 is 0 Å². The fraction of sp³-hybridized carbons (Fsp3) is 0.364. The maximum Gasteiger partial charge on any atom is 0.254 e. The smallest absolute Gasteiger partial charge is 0.254 e. The SMILES string of the molecule is Cc1ccc(Cn2nnnc2C[NH+]2CCC(NC(=O)c3ccccc3F)CC2)cc1. The van der Waals surface area contributed by atoms with Gasteiger partial charge in [0, 0.05) is 18.9 Å². The third-order valence-electron chi connectivity index (χ3n) is 5.61. The van der Waals surface area contributed by atoms with Crippen LogP contribution in [0, 0.1) is 12.7 Å². The highest BCUT2D eigenvalue weighted by Gasteiger charge is 2.26. The molecule has 2 aromatic carbocycles. The number of quaternary nitrogens is 1. The Labute approximate surface area is 174 Å². The summed E-state index contributed by atoms with van der Waals surface area (Å²) in [6.07, 6.45) is 1.68. The normalized spacial score (nSPS) is 18.9. The van der Waals surface area contributed by atoms with E-state index in [1.165, 1.54) is 28.2 Å². The van der Waals surface area contributed by atoms with Gasteiger partial charge in [0.15, 0.2) is 0 Å². The van der Waals surface area contributed by atoms with E-state index in [0.29, 0.717) is 6.54 Å². The van der Waals surface area contributed by atoms with Gasteiger partial charge in [0.1, 0.15) is 12.4 Å². The number of tetrazole rings is 1. The summed E-state index contributed by atoms with van der Waals surface area (Å²) in [5.74, 6) is 0.0292. The van der Waals surface area contributed by atoms with E-state index in [4.69, 9.17) is 0 Å². The predicted octanol–water partition coefficient (Wildman–Crippen LogP) is 1.15. The Morgan fingerprint density at radius 2 is 1.90 bits per heavy atom. The number of hydrogen-bond donors (Lipinski definition) is 2. The molecular weight excluding hydrogens is 383 g/mol. The Morgan fingerprint density at radius 1 is 1.17 bits per heavy atom. The second-order valence-electron chi connectivity index (χ2n) is 7.89. The summed E-state index contributed by atoms with van der Waals surface area (Å²) in [4.78, 5) is 13.7. The van der Waals surface area contributed by atoms with Crippen molar-refractivity contribution in [3.05, 3.63) is 76.9 Å². The first-order chi connectivity index (χ1) is 14.6. The van der Waals surface area contributed by atoms with Crippen LogP contribution in [0.25, 0.3) is 0 Å². The summed E-state index contributed by atoms with van der Waals surface area (Å²) in [5, 5.41) is 15.2. The number of nitrogens with zero attached hydrogens (tertiary/aromatic N) is 4. The lowest BCUT2D eigenvalue weighted by Gasteiger charge is -2.29. The highest BCUT2D eigenvalue weighted by Crippen LogP contribution is 2.09. The van der Waals surface area contributed by atoms with E-state index in [0.717, 1.165) is 38.3 Å². The Bertz CT molecular complexity index is 995. The van der Waals surface area contributed by atoms with Crippen molar-refractivity contribution in [1.82, 2.24) is 25.5 Å². The zero-order chi connectivity index (χ0) is 20.9. The van der Waals surface area contributed by atoms with Crippen molar-refractivity contribution in [2.75, 3.05) is 13.1 Å². The highest BCUT2D eigenvalue weighted by atomic mass is 19.1. The van der Waals surface area contributed by atoms with Crippen molar-refractivity contribution in [2.45, 2.75) is 38.9 Å². The quantitative estimate of drug-likeness (QED) is 0.640. The summed E-state index contributed by atoms with van der Waals surface area (Å²) in [5.41, 5.74) is 2.49. The Balaban J connectivity index is 1.29. The van der Waals surface area contributed by atoms with E-state index >= 15 is 0 Å². The largest absolute Gasteiger partial charge is 0.349 e. The van der Waals surface area contributed by atoms with Gasteiger partial charge in [0.25, 0.3) is 5.91 Å². The summed E-state index contributed by atoms with van der Waals surface area (Å²) in [6.45, 7) is 5.27. The van der Waals surface area contributed by atoms with Gasteiger partial charge < -0.3 is 10.2 Å². The molecule has 8 heteroatoms. The molecule has 2 heterocycles. The molecule has 1 fully saturated rings. The van der Waals surface area contributed by atoms with Crippen LogP contribution in [0.1, 0.15) is 40.2 Å². The van der Waals surface area contributed by atoms with Crippen LogP contribution in [0.5, 0.6) is 0 Å². The van der Waals surface area contributed by atoms with E-state index < -0.39 is 5.82 Å². The van der Waals surface area contributed by atoms with Crippen molar-refractivity contribution in [3.8, 4) is 0 Å². The number of aryl methyl sites for hydroxylation is 1. The zero-order valence-corrected chi connectivity index (χ0v) is 17.0. The third-order valence-corrected chi connectivity index (χ3v) is 5.61. The predicted molar refractivity (Wildman–Crippen MR) is 109 cm³/mol. The van der Waals surface area contributed by atoms with Crippen molar-refractivity contribution in [3.63, 3.8) is 0 Å². The average Bonchev–Trinajstić information content (AvgIpc) is 3.18. The van der Waals surface area contributed by atoms with Crippen LogP contribution in [0.3, 0.4) is 0 Å². The molecule has 0 atom stereocenters. The van der Waals surface area contributed by atoms with Crippen LogP contribution < -0.4 is 10.2 Å². The van der Waals surface area contributed by atoms with Gasteiger partial charge in [-0.2, -0.15) is 0 Å². The lowest BCUT2D eigenvalue weighted by molar-refractivity contribution is -0.919. The molecule has 1 aliphatic rings. The highest BCUT2D eigenvalue weighted by molar-refractivity contribution is 5.94. The van der Waals surface area contributed by atoms with Gasteiger partial charge in [0.05, 0.1) is 25.2 Å². The number of carbonyl (C=O) groups excluding carboxylic acids is 1. The van der Waals surface area contributed by atoms with E-state index in [1.54, 1.807) is 12.1 Å². The monoisotopic (exact) mass is 409 g/mol. The Morgan fingerprint density at radius 3 is 2.63 bits per heavy atom. The maximum absolute atomic E-state index is 13.8. The number of carbonyl (C=O) groups is 1. The van der Waals surface area contributed by atoms with E-state index in [9.17, 15) is 9.18 Å². The molecule has 3 aromatic rings. The molecule has 0 unspecified atom stereocenters. The molecule has 0 radical (unpaired) electrons. The molecule has 4 rings (SSSR count). The number of likely N-dealkylation sites (tertiary alicyclic amines) is 1. The van der Waals surface area contributed by atoms with Crippen molar-refractivity contribution in [1.29, 1.82) is 0 Å². The molecule has 1 amide bonds. The number of piperidine rings is 1. The van der Waals surface area contributed by atoms with Crippen LogP contribution in [0.15, 0.2) is 48.5 Å². The summed E-state index contributed by atoms with van der Waals surface area (Å²) >= 11 is 0. The third kappa shape index (κ3) is 4.88. The number of amides is 1. The number of benzene rings is 2. The van der Waals surface area contributed by atoms with E-state index in [-0.39, 0.29) is 17.5 Å². The topological polar surface area (TPSA) is 77.1 Å². The molecule has 1 aliphatic heterocycles. The zero-order valence-electron chi connectivity index (χ0n) is 17.0. The molecule has 1 aromatic heterocycles. The Kier molecular flexibility index (Phi) is 6.13. The first-order valence-electron chi connectivity index (χ1n) is 10.3. The Hall–Kier alpha value is -3.13. The van der Waals surface area contributed by atoms with Crippen molar-refractivity contribution >= 4 is 5.91 Å². The van der Waals surface area contributed by atoms with Gasteiger partial charge in [-0.25, -0.2) is 9.07 Å². The number of nitrogens with one attached hydrogen (secondary N) is 2. The van der Waals surface area contributed by atoms with Crippen LogP contribution in [0.2, 0.25) is 0 Å². The molecule has 2 N–H and O–H groups in total. The van der Waals surface area contributed by atoms with Gasteiger partial charge in [-0.15, -0.1) is 5.10 Å². The maximum atomic E-state index is 13.8. The molecule has 1 saturated heterocycles. The van der Waals surface area contributed by atoms with E-state index in [2.05, 4.69) is 52.0 Å². The molecule has 0 aliphatic carbocycles. The first-order valence-corrected chi connectivity index (χ1v) is 10.3. The number of hydrogen-bond acceptors (Lipinski definition) is 4. The molecule has 0 bridgehead atoms. The molecule has 7 nitrogen and oxygen atoms in total. The number of rotatable bonds is 6. The fourth-order valence-electron chi connectivity index (χ4n) is 3.82. The molecule has 30 heavy (non-hydrogen) atoms. The van der Waals surface area contributed by atoms with Gasteiger partial charge in [-0.3, -0.25) is 4.79 Å². The standard InChI is InChI=1S/C22H25FN6O/c1-16-6-8-17(9-7-16)14-29-21(25-26-27-29)15-28-12-10-18(11-13-28)24-22(30)19-4-2-3-5-20(19)23/h2-9,18H,10-15H2,1H3,(H,24,30)/p+1. The minimum atomic E-state index is -0.488. The van der Waals surface area contributed by atoms with Crippen LogP contribution in [0.4, 0.5) is 4.39 Å². The fourth-order valence-corrected chi connectivity index (χ4v) is 3.82. The minimum Gasteiger partial charge on any atom is -0.349 e. The number of aromatic nitrogens is 4. The summed E-state index contributed by atoms with van der Waals surface area (Å²) in [7, 11) is 0. The van der Waals surface area contributed by atoms with Crippen LogP contribution in [-0.4, -0.2) is 45.2 Å². The minimum absolute atomic E-state index is 0.0596. The summed E-state index contributed by atoms with van der Waals surface area (Å²) < 4.78 is 15.6. The second kappa shape index (κ2) is 9.13. The lowest BCUT2D eigenvalue weighted by Crippen LogP contribution is -3.12. The van der Waals surface area contributed by atoms with Gasteiger partial charge in [-0.1, -0.05) is 42.0 Å².